The van der Waals surface area contributed by atoms with Crippen molar-refractivity contribution in [2.45, 2.75) is 39.0 Å². The Morgan fingerprint density at radius 1 is 1.00 bits per heavy atom. The molecule has 4 heterocycles. The smallest absolute Gasteiger partial charge is 0.136 e. The van der Waals surface area contributed by atoms with Gasteiger partial charge in [0.2, 0.25) is 0 Å². The molecule has 0 bridgehead atoms. The van der Waals surface area contributed by atoms with E-state index >= 15 is 0 Å². The summed E-state index contributed by atoms with van der Waals surface area (Å²) in [5, 5.41) is 8.50. The highest BCUT2D eigenvalue weighted by Crippen LogP contribution is 2.22. The highest BCUT2D eigenvalue weighted by Gasteiger charge is 2.12. The van der Waals surface area contributed by atoms with Crippen LogP contribution in [-0.4, -0.2) is 24.2 Å². The van der Waals surface area contributed by atoms with Crippen LogP contribution >= 0.6 is 0 Å². The van der Waals surface area contributed by atoms with Gasteiger partial charge in [-0.3, -0.25) is 0 Å². The first kappa shape index (κ1) is 14.9. The SMILES string of the molecule is CC(C)c1ccc2nc(CC(C)c3cnn4nccc4c3)cn2c1. The van der Waals surface area contributed by atoms with Gasteiger partial charge in [0.25, 0.3) is 0 Å². The van der Waals surface area contributed by atoms with Crippen LogP contribution in [0.2, 0.25) is 0 Å². The molecule has 0 saturated heterocycles. The van der Waals surface area contributed by atoms with Gasteiger partial charge in [-0.25, -0.2) is 4.98 Å². The Morgan fingerprint density at radius 3 is 2.71 bits per heavy atom. The van der Waals surface area contributed by atoms with Gasteiger partial charge in [0.1, 0.15) is 5.65 Å². The Bertz CT molecular complexity index is 995. The standard InChI is InChI=1S/C19H21N5/c1-13(2)15-4-5-19-22-17(12-23(19)11-15)8-14(3)16-9-18-6-7-20-24(18)21-10-16/h4-7,9-14H,8H2,1-3H3. The highest BCUT2D eigenvalue weighted by atomic mass is 15.4. The topological polar surface area (TPSA) is 47.5 Å². The summed E-state index contributed by atoms with van der Waals surface area (Å²) in [6.45, 7) is 6.63. The van der Waals surface area contributed by atoms with Crippen LogP contribution in [0.5, 0.6) is 0 Å². The van der Waals surface area contributed by atoms with E-state index in [2.05, 4.69) is 66.0 Å². The maximum atomic E-state index is 4.76. The first-order valence-corrected chi connectivity index (χ1v) is 8.37. The van der Waals surface area contributed by atoms with E-state index in [1.54, 1.807) is 10.8 Å². The van der Waals surface area contributed by atoms with Gasteiger partial charge < -0.3 is 4.40 Å². The minimum atomic E-state index is 0.354. The van der Waals surface area contributed by atoms with Crippen LogP contribution in [0.3, 0.4) is 0 Å². The van der Waals surface area contributed by atoms with Gasteiger partial charge in [-0.15, -0.1) is 0 Å². The third kappa shape index (κ3) is 2.66. The van der Waals surface area contributed by atoms with Crippen LogP contribution in [0, 0.1) is 0 Å². The molecule has 0 aliphatic rings. The molecule has 24 heavy (non-hydrogen) atoms. The van der Waals surface area contributed by atoms with Crippen LogP contribution < -0.4 is 0 Å². The van der Waals surface area contributed by atoms with E-state index in [0.29, 0.717) is 11.8 Å². The summed E-state index contributed by atoms with van der Waals surface area (Å²) in [6.07, 6.45) is 8.89. The van der Waals surface area contributed by atoms with Crippen molar-refractivity contribution in [2.24, 2.45) is 0 Å². The van der Waals surface area contributed by atoms with E-state index in [1.165, 1.54) is 11.1 Å². The van der Waals surface area contributed by atoms with Crippen LogP contribution in [0.25, 0.3) is 11.2 Å². The molecule has 0 aliphatic heterocycles. The molecule has 0 aliphatic carbocycles. The summed E-state index contributed by atoms with van der Waals surface area (Å²) < 4.78 is 3.78. The molecule has 1 atom stereocenters. The lowest BCUT2D eigenvalue weighted by molar-refractivity contribution is 0.720. The fourth-order valence-corrected chi connectivity index (χ4v) is 3.04. The maximum Gasteiger partial charge on any atom is 0.136 e. The van der Waals surface area contributed by atoms with E-state index in [-0.39, 0.29) is 0 Å². The number of fused-ring (bicyclic) bond motifs is 2. The van der Waals surface area contributed by atoms with Crippen molar-refractivity contribution in [3.8, 4) is 0 Å². The van der Waals surface area contributed by atoms with Gasteiger partial charge >= 0.3 is 0 Å². The van der Waals surface area contributed by atoms with Crippen LogP contribution in [0.15, 0.2) is 49.1 Å². The van der Waals surface area contributed by atoms with Gasteiger partial charge in [-0.1, -0.05) is 26.8 Å². The van der Waals surface area contributed by atoms with E-state index in [9.17, 15) is 0 Å². The molecule has 0 fully saturated rings. The number of rotatable bonds is 4. The minimum absolute atomic E-state index is 0.354. The fraction of sp³-hybridized carbons (Fsp3) is 0.316. The van der Waals surface area contributed by atoms with Crippen molar-refractivity contribution in [2.75, 3.05) is 0 Å². The average molecular weight is 319 g/mol. The Balaban J connectivity index is 1.60. The Kier molecular flexibility index (Phi) is 3.56. The van der Waals surface area contributed by atoms with Crippen molar-refractivity contribution in [3.05, 3.63) is 65.9 Å². The number of pyridine rings is 1. The molecule has 4 aromatic heterocycles. The molecule has 122 valence electrons. The molecule has 0 aromatic carbocycles. The second kappa shape index (κ2) is 5.74. The van der Waals surface area contributed by atoms with Gasteiger partial charge in [0, 0.05) is 12.4 Å². The monoisotopic (exact) mass is 319 g/mol. The van der Waals surface area contributed by atoms with E-state index in [4.69, 9.17) is 4.98 Å². The first-order chi connectivity index (χ1) is 11.6. The van der Waals surface area contributed by atoms with Gasteiger partial charge in [-0.05, 0) is 47.6 Å². The molecule has 0 amide bonds. The Morgan fingerprint density at radius 2 is 1.88 bits per heavy atom. The van der Waals surface area contributed by atoms with Crippen LogP contribution in [0.4, 0.5) is 0 Å². The third-order valence-corrected chi connectivity index (χ3v) is 4.56. The number of imidazole rings is 1. The van der Waals surface area contributed by atoms with Crippen LogP contribution in [0.1, 0.15) is 49.4 Å². The summed E-state index contributed by atoms with van der Waals surface area (Å²) in [4.78, 5) is 4.76. The lowest BCUT2D eigenvalue weighted by Gasteiger charge is -2.09. The van der Waals surface area contributed by atoms with Crippen LogP contribution in [-0.2, 0) is 6.42 Å². The van der Waals surface area contributed by atoms with Crippen molar-refractivity contribution >= 4 is 11.2 Å². The van der Waals surface area contributed by atoms with Crippen molar-refractivity contribution in [1.82, 2.24) is 24.2 Å². The maximum absolute atomic E-state index is 4.76. The summed E-state index contributed by atoms with van der Waals surface area (Å²) in [6, 6.07) is 8.39. The van der Waals surface area contributed by atoms with Crippen molar-refractivity contribution < 1.29 is 0 Å². The predicted octanol–water partition coefficient (Wildman–Crippen LogP) is 3.85. The number of aromatic nitrogens is 5. The Labute approximate surface area is 141 Å². The Hall–Kier alpha value is -2.69. The van der Waals surface area contributed by atoms with Crippen molar-refractivity contribution in [3.63, 3.8) is 0 Å². The zero-order valence-electron chi connectivity index (χ0n) is 14.2. The van der Waals surface area contributed by atoms with E-state index in [0.717, 1.165) is 23.3 Å². The predicted molar refractivity (Wildman–Crippen MR) is 94.4 cm³/mol. The fourth-order valence-electron chi connectivity index (χ4n) is 3.04. The quantitative estimate of drug-likeness (QED) is 0.574. The molecule has 0 N–H and O–H groups in total. The van der Waals surface area contributed by atoms with E-state index in [1.807, 2.05) is 12.3 Å². The number of hydrogen-bond donors (Lipinski definition) is 0. The molecule has 5 nitrogen and oxygen atoms in total. The highest BCUT2D eigenvalue weighted by molar-refractivity contribution is 5.47. The summed E-state index contributed by atoms with van der Waals surface area (Å²) in [7, 11) is 0. The molecule has 1 unspecified atom stereocenters. The molecule has 0 saturated carbocycles. The summed E-state index contributed by atoms with van der Waals surface area (Å²) in [5.41, 5.74) is 5.68. The zero-order chi connectivity index (χ0) is 16.7. The molecule has 0 spiro atoms. The zero-order valence-corrected chi connectivity index (χ0v) is 14.2. The summed E-state index contributed by atoms with van der Waals surface area (Å²) >= 11 is 0. The first-order valence-electron chi connectivity index (χ1n) is 8.37. The number of nitrogens with zero attached hydrogens (tertiary/aromatic N) is 5. The molecular formula is C19H21N5. The van der Waals surface area contributed by atoms with Gasteiger partial charge in [-0.2, -0.15) is 14.8 Å². The van der Waals surface area contributed by atoms with E-state index < -0.39 is 0 Å². The summed E-state index contributed by atoms with van der Waals surface area (Å²) in [5.74, 6) is 0.875. The second-order valence-corrected chi connectivity index (χ2v) is 6.75. The average Bonchev–Trinajstić information content (AvgIpc) is 3.18. The van der Waals surface area contributed by atoms with Crippen molar-refractivity contribution in [1.29, 1.82) is 0 Å². The lowest BCUT2D eigenvalue weighted by atomic mass is 9.98. The number of hydrogen-bond acceptors (Lipinski definition) is 3. The third-order valence-electron chi connectivity index (χ3n) is 4.56. The molecule has 4 rings (SSSR count). The van der Waals surface area contributed by atoms with Gasteiger partial charge in [0.15, 0.2) is 0 Å². The van der Waals surface area contributed by atoms with Gasteiger partial charge in [0.05, 0.1) is 23.6 Å². The molecular weight excluding hydrogens is 298 g/mol. The lowest BCUT2D eigenvalue weighted by Crippen LogP contribution is -2.02. The minimum Gasteiger partial charge on any atom is -0.307 e. The molecule has 4 aromatic rings. The molecule has 5 heteroatoms. The normalized spacial score (nSPS) is 13.2. The second-order valence-electron chi connectivity index (χ2n) is 6.75. The largest absolute Gasteiger partial charge is 0.307 e. The molecule has 0 radical (unpaired) electrons.